The van der Waals surface area contributed by atoms with Crippen molar-refractivity contribution in [3.63, 3.8) is 0 Å². The zero-order valence-electron chi connectivity index (χ0n) is 11.4. The standard InChI is InChI=1S/C14H16N2O3S/c1-9-6-16(7-10(2)19-9)14(17)11-8-20-13(15-11)12-4-3-5-18-12/h3-5,8-10H,6-7H2,1-2H3/t9-,10+. The second-order valence-electron chi connectivity index (χ2n) is 4.98. The molecule has 1 amide bonds. The summed E-state index contributed by atoms with van der Waals surface area (Å²) in [5, 5.41) is 2.51. The van der Waals surface area contributed by atoms with Crippen molar-refractivity contribution < 1.29 is 13.9 Å². The second-order valence-corrected chi connectivity index (χ2v) is 5.84. The average Bonchev–Trinajstić information content (AvgIpc) is 3.07. The highest BCUT2D eigenvalue weighted by Crippen LogP contribution is 2.25. The fourth-order valence-corrected chi connectivity index (χ4v) is 3.15. The molecule has 20 heavy (non-hydrogen) atoms. The lowest BCUT2D eigenvalue weighted by atomic mass is 10.2. The number of ether oxygens (including phenoxy) is 1. The van der Waals surface area contributed by atoms with Crippen LogP contribution in [0.4, 0.5) is 0 Å². The van der Waals surface area contributed by atoms with Gasteiger partial charge in [-0.15, -0.1) is 11.3 Å². The summed E-state index contributed by atoms with van der Waals surface area (Å²) < 4.78 is 10.9. The smallest absolute Gasteiger partial charge is 0.273 e. The third-order valence-electron chi connectivity index (χ3n) is 3.16. The van der Waals surface area contributed by atoms with Crippen LogP contribution < -0.4 is 0 Å². The van der Waals surface area contributed by atoms with Crippen LogP contribution in [0.5, 0.6) is 0 Å². The van der Waals surface area contributed by atoms with Crippen LogP contribution in [0.1, 0.15) is 24.3 Å². The Morgan fingerprint density at radius 2 is 2.15 bits per heavy atom. The lowest BCUT2D eigenvalue weighted by molar-refractivity contribution is -0.0587. The summed E-state index contributed by atoms with van der Waals surface area (Å²) in [6.45, 7) is 5.17. The first-order chi connectivity index (χ1) is 9.63. The molecular weight excluding hydrogens is 276 g/mol. The molecule has 1 aliphatic heterocycles. The van der Waals surface area contributed by atoms with E-state index >= 15 is 0 Å². The second kappa shape index (κ2) is 5.38. The highest BCUT2D eigenvalue weighted by Gasteiger charge is 2.28. The van der Waals surface area contributed by atoms with Crippen LogP contribution in [0.3, 0.4) is 0 Å². The molecule has 106 valence electrons. The average molecular weight is 292 g/mol. The van der Waals surface area contributed by atoms with Gasteiger partial charge in [0.15, 0.2) is 10.8 Å². The van der Waals surface area contributed by atoms with E-state index in [0.717, 1.165) is 5.01 Å². The molecule has 0 N–H and O–H groups in total. The number of morpholine rings is 1. The maximum absolute atomic E-state index is 12.5. The highest BCUT2D eigenvalue weighted by molar-refractivity contribution is 7.13. The van der Waals surface area contributed by atoms with Gasteiger partial charge in [-0.2, -0.15) is 0 Å². The largest absolute Gasteiger partial charge is 0.462 e. The molecule has 6 heteroatoms. The first-order valence-electron chi connectivity index (χ1n) is 6.57. The van der Waals surface area contributed by atoms with Crippen molar-refractivity contribution in [3.05, 3.63) is 29.5 Å². The molecule has 1 saturated heterocycles. The summed E-state index contributed by atoms with van der Waals surface area (Å²) in [5.74, 6) is 0.652. The van der Waals surface area contributed by atoms with E-state index in [4.69, 9.17) is 9.15 Å². The molecule has 0 aliphatic carbocycles. The number of carbonyl (C=O) groups excluding carboxylic acids is 1. The fraction of sp³-hybridized carbons (Fsp3) is 0.429. The topological polar surface area (TPSA) is 55.6 Å². The summed E-state index contributed by atoms with van der Waals surface area (Å²) in [4.78, 5) is 18.6. The van der Waals surface area contributed by atoms with Crippen LogP contribution in [0.25, 0.3) is 10.8 Å². The maximum Gasteiger partial charge on any atom is 0.273 e. The van der Waals surface area contributed by atoms with Crippen molar-refractivity contribution in [2.24, 2.45) is 0 Å². The Kier molecular flexibility index (Phi) is 3.58. The van der Waals surface area contributed by atoms with Gasteiger partial charge >= 0.3 is 0 Å². The quantitative estimate of drug-likeness (QED) is 0.854. The van der Waals surface area contributed by atoms with Gasteiger partial charge in [-0.05, 0) is 26.0 Å². The van der Waals surface area contributed by atoms with Gasteiger partial charge in [0.25, 0.3) is 5.91 Å². The minimum absolute atomic E-state index is 0.0407. The van der Waals surface area contributed by atoms with Crippen molar-refractivity contribution in [1.82, 2.24) is 9.88 Å². The van der Waals surface area contributed by atoms with E-state index in [-0.39, 0.29) is 18.1 Å². The molecule has 0 aromatic carbocycles. The Balaban J connectivity index is 1.77. The van der Waals surface area contributed by atoms with E-state index < -0.39 is 0 Å². The Bertz CT molecular complexity index is 583. The van der Waals surface area contributed by atoms with Crippen LogP contribution in [0.15, 0.2) is 28.2 Å². The van der Waals surface area contributed by atoms with Gasteiger partial charge in [0.1, 0.15) is 5.69 Å². The lowest BCUT2D eigenvalue weighted by Crippen LogP contribution is -2.48. The lowest BCUT2D eigenvalue weighted by Gasteiger charge is -2.34. The van der Waals surface area contributed by atoms with Gasteiger partial charge in [-0.25, -0.2) is 4.98 Å². The zero-order valence-corrected chi connectivity index (χ0v) is 12.2. The normalized spacial score (nSPS) is 23.0. The number of nitrogens with zero attached hydrogens (tertiary/aromatic N) is 2. The molecule has 2 aromatic rings. The van der Waals surface area contributed by atoms with Crippen LogP contribution in [0.2, 0.25) is 0 Å². The molecule has 3 heterocycles. The summed E-state index contributed by atoms with van der Waals surface area (Å²) in [6, 6.07) is 3.65. The number of carbonyl (C=O) groups is 1. The predicted octanol–water partition coefficient (Wildman–Crippen LogP) is 2.65. The molecule has 0 saturated carbocycles. The SMILES string of the molecule is C[C@@H]1CN(C(=O)c2csc(-c3ccco3)n2)C[C@H](C)O1. The molecule has 1 aliphatic rings. The van der Waals surface area contributed by atoms with E-state index in [2.05, 4.69) is 4.98 Å². The van der Waals surface area contributed by atoms with E-state index in [1.54, 1.807) is 16.5 Å². The van der Waals surface area contributed by atoms with Gasteiger partial charge in [-0.3, -0.25) is 4.79 Å². The maximum atomic E-state index is 12.5. The molecule has 2 aromatic heterocycles. The van der Waals surface area contributed by atoms with Gasteiger partial charge in [0, 0.05) is 18.5 Å². The van der Waals surface area contributed by atoms with Crippen molar-refractivity contribution >= 4 is 17.2 Å². The zero-order chi connectivity index (χ0) is 14.1. The van der Waals surface area contributed by atoms with E-state index in [1.807, 2.05) is 26.0 Å². The first kappa shape index (κ1) is 13.3. The summed E-state index contributed by atoms with van der Waals surface area (Å²) in [6.07, 6.45) is 1.72. The number of rotatable bonds is 2. The van der Waals surface area contributed by atoms with Crippen molar-refractivity contribution in [1.29, 1.82) is 0 Å². The van der Waals surface area contributed by atoms with Crippen molar-refractivity contribution in [3.8, 4) is 10.8 Å². The van der Waals surface area contributed by atoms with E-state index in [0.29, 0.717) is 24.5 Å². The molecule has 0 radical (unpaired) electrons. The molecule has 2 atom stereocenters. The van der Waals surface area contributed by atoms with E-state index in [1.165, 1.54) is 11.3 Å². The van der Waals surface area contributed by atoms with Crippen LogP contribution in [-0.2, 0) is 4.74 Å². The fourth-order valence-electron chi connectivity index (χ4n) is 2.39. The number of hydrogen-bond donors (Lipinski definition) is 0. The summed E-state index contributed by atoms with van der Waals surface area (Å²) in [7, 11) is 0. The Morgan fingerprint density at radius 3 is 2.80 bits per heavy atom. The van der Waals surface area contributed by atoms with Gasteiger partial charge < -0.3 is 14.1 Å². The molecule has 3 rings (SSSR count). The minimum Gasteiger partial charge on any atom is -0.462 e. The van der Waals surface area contributed by atoms with E-state index in [9.17, 15) is 4.79 Å². The number of furan rings is 1. The Labute approximate surface area is 121 Å². The molecule has 0 spiro atoms. The van der Waals surface area contributed by atoms with Crippen molar-refractivity contribution in [2.75, 3.05) is 13.1 Å². The predicted molar refractivity (Wildman–Crippen MR) is 75.7 cm³/mol. The first-order valence-corrected chi connectivity index (χ1v) is 7.45. The molecule has 0 unspecified atom stereocenters. The molecule has 0 bridgehead atoms. The van der Waals surface area contributed by atoms with Gasteiger partial charge in [-0.1, -0.05) is 0 Å². The number of amides is 1. The Hall–Kier alpha value is -1.66. The summed E-state index contributed by atoms with van der Waals surface area (Å²) >= 11 is 1.42. The van der Waals surface area contributed by atoms with Crippen LogP contribution >= 0.6 is 11.3 Å². The van der Waals surface area contributed by atoms with Crippen LogP contribution in [0, 0.1) is 0 Å². The number of thiazole rings is 1. The van der Waals surface area contributed by atoms with Crippen molar-refractivity contribution in [2.45, 2.75) is 26.1 Å². The third-order valence-corrected chi connectivity index (χ3v) is 4.02. The molecule has 5 nitrogen and oxygen atoms in total. The Morgan fingerprint density at radius 1 is 1.40 bits per heavy atom. The number of aromatic nitrogens is 1. The molecular formula is C14H16N2O3S. The number of hydrogen-bond acceptors (Lipinski definition) is 5. The van der Waals surface area contributed by atoms with Gasteiger partial charge in [0.05, 0.1) is 18.5 Å². The monoisotopic (exact) mass is 292 g/mol. The van der Waals surface area contributed by atoms with Crippen LogP contribution in [-0.4, -0.2) is 41.1 Å². The minimum atomic E-state index is -0.0407. The third kappa shape index (κ3) is 2.62. The van der Waals surface area contributed by atoms with Gasteiger partial charge in [0.2, 0.25) is 0 Å². The summed E-state index contributed by atoms with van der Waals surface area (Å²) in [5.41, 5.74) is 0.475. The molecule has 1 fully saturated rings. The highest BCUT2D eigenvalue weighted by atomic mass is 32.1.